The first kappa shape index (κ1) is 23.9. The molecule has 3 aromatic carbocycles. The number of ether oxygens (including phenoxy) is 1. The molecule has 0 saturated heterocycles. The third-order valence-corrected chi connectivity index (χ3v) is 7.01. The van der Waals surface area contributed by atoms with Crippen LogP contribution >= 0.6 is 46.7 Å². The molecule has 0 aliphatic carbocycles. The Morgan fingerprint density at radius 3 is 2.42 bits per heavy atom. The van der Waals surface area contributed by atoms with Crippen molar-refractivity contribution in [1.29, 1.82) is 0 Å². The summed E-state index contributed by atoms with van der Waals surface area (Å²) in [7, 11) is 0. The van der Waals surface area contributed by atoms with Gasteiger partial charge < -0.3 is 10.1 Å². The number of nitrogens with one attached hydrogen (secondary N) is 1. The smallest absolute Gasteiger partial charge is 0.251 e. The van der Waals surface area contributed by atoms with Gasteiger partial charge in [0.2, 0.25) is 0 Å². The zero-order chi connectivity index (χ0) is 21.9. The summed E-state index contributed by atoms with van der Waals surface area (Å²) in [6.45, 7) is 1.21. The lowest BCUT2D eigenvalue weighted by Gasteiger charge is -2.08. The molecule has 1 N–H and O–H groups in total. The van der Waals surface area contributed by atoms with Crippen LogP contribution in [-0.2, 0) is 5.75 Å². The SMILES string of the molecule is O=C(NCCSCc1ccc(Cl)c(Cl)c1)c1ccc(OCCSc2ccccc2)cc1. The Balaban J connectivity index is 1.31. The van der Waals surface area contributed by atoms with Gasteiger partial charge in [0.05, 0.1) is 16.7 Å². The van der Waals surface area contributed by atoms with Gasteiger partial charge in [-0.1, -0.05) is 47.5 Å². The van der Waals surface area contributed by atoms with E-state index in [4.69, 9.17) is 27.9 Å². The summed E-state index contributed by atoms with van der Waals surface area (Å²) in [5, 5.41) is 4.07. The first-order valence-electron chi connectivity index (χ1n) is 9.82. The molecule has 0 aliphatic heterocycles. The molecule has 7 heteroatoms. The molecule has 0 aromatic heterocycles. The van der Waals surface area contributed by atoms with Crippen molar-refractivity contribution in [2.24, 2.45) is 0 Å². The Bertz CT molecular complexity index is 969. The molecule has 31 heavy (non-hydrogen) atoms. The molecule has 0 radical (unpaired) electrons. The van der Waals surface area contributed by atoms with E-state index in [1.165, 1.54) is 4.90 Å². The monoisotopic (exact) mass is 491 g/mol. The zero-order valence-corrected chi connectivity index (χ0v) is 20.0. The second-order valence-electron chi connectivity index (χ2n) is 6.59. The van der Waals surface area contributed by atoms with E-state index in [-0.39, 0.29) is 5.91 Å². The number of rotatable bonds is 11. The molecule has 0 unspecified atom stereocenters. The largest absolute Gasteiger partial charge is 0.493 e. The Morgan fingerprint density at radius 2 is 1.68 bits per heavy atom. The summed E-state index contributed by atoms with van der Waals surface area (Å²) in [5.74, 6) is 3.18. The van der Waals surface area contributed by atoms with Crippen LogP contribution in [0.15, 0.2) is 77.7 Å². The minimum atomic E-state index is -0.0821. The lowest BCUT2D eigenvalue weighted by atomic mass is 10.2. The van der Waals surface area contributed by atoms with Crippen LogP contribution in [0.2, 0.25) is 10.0 Å². The molecule has 0 spiro atoms. The van der Waals surface area contributed by atoms with Gasteiger partial charge in [-0.15, -0.1) is 11.8 Å². The van der Waals surface area contributed by atoms with Gasteiger partial charge in [0.15, 0.2) is 0 Å². The number of hydrogen-bond acceptors (Lipinski definition) is 4. The lowest BCUT2D eigenvalue weighted by molar-refractivity contribution is 0.0956. The van der Waals surface area contributed by atoms with Crippen LogP contribution in [0.1, 0.15) is 15.9 Å². The van der Waals surface area contributed by atoms with Gasteiger partial charge in [-0.3, -0.25) is 4.79 Å². The van der Waals surface area contributed by atoms with E-state index in [1.54, 1.807) is 41.7 Å². The molecule has 0 aliphatic rings. The topological polar surface area (TPSA) is 38.3 Å². The van der Waals surface area contributed by atoms with Crippen LogP contribution in [0, 0.1) is 0 Å². The molecular formula is C24H23Cl2NO2S2. The van der Waals surface area contributed by atoms with Gasteiger partial charge in [0, 0.05) is 34.3 Å². The van der Waals surface area contributed by atoms with Gasteiger partial charge in [-0.25, -0.2) is 0 Å². The van der Waals surface area contributed by atoms with Crippen molar-refractivity contribution in [3.63, 3.8) is 0 Å². The van der Waals surface area contributed by atoms with E-state index < -0.39 is 0 Å². The van der Waals surface area contributed by atoms with Crippen LogP contribution in [0.25, 0.3) is 0 Å². The number of halogens is 2. The maximum absolute atomic E-state index is 12.3. The van der Waals surface area contributed by atoms with Crippen molar-refractivity contribution >= 4 is 52.6 Å². The quantitative estimate of drug-likeness (QED) is 0.235. The van der Waals surface area contributed by atoms with E-state index in [2.05, 4.69) is 17.4 Å². The van der Waals surface area contributed by atoms with Gasteiger partial charge in [0.1, 0.15) is 5.75 Å². The molecule has 0 saturated carbocycles. The molecule has 3 rings (SSSR count). The van der Waals surface area contributed by atoms with Gasteiger partial charge >= 0.3 is 0 Å². The molecular weight excluding hydrogens is 469 g/mol. The van der Waals surface area contributed by atoms with E-state index in [0.717, 1.165) is 28.6 Å². The summed E-state index contributed by atoms with van der Waals surface area (Å²) in [5.41, 5.74) is 1.74. The summed E-state index contributed by atoms with van der Waals surface area (Å²) in [4.78, 5) is 13.5. The number of carbonyl (C=O) groups is 1. The summed E-state index contributed by atoms with van der Waals surface area (Å²) >= 11 is 15.4. The first-order valence-corrected chi connectivity index (χ1v) is 12.7. The van der Waals surface area contributed by atoms with E-state index in [1.807, 2.05) is 42.5 Å². The minimum absolute atomic E-state index is 0.0821. The Morgan fingerprint density at radius 1 is 0.903 bits per heavy atom. The van der Waals surface area contributed by atoms with Crippen molar-refractivity contribution in [2.45, 2.75) is 10.6 Å². The van der Waals surface area contributed by atoms with Crippen LogP contribution in [0.5, 0.6) is 5.75 Å². The van der Waals surface area contributed by atoms with Crippen LogP contribution < -0.4 is 10.1 Å². The summed E-state index contributed by atoms with van der Waals surface area (Å²) in [6.07, 6.45) is 0. The number of carbonyl (C=O) groups excluding carboxylic acids is 1. The standard InChI is InChI=1S/C24H23Cl2NO2S2/c25-22-11-6-18(16-23(22)26)17-30-14-12-27-24(28)19-7-9-20(10-8-19)29-13-15-31-21-4-2-1-3-5-21/h1-11,16H,12-15,17H2,(H,27,28). The maximum atomic E-state index is 12.3. The van der Waals surface area contributed by atoms with Crippen LogP contribution in [0.3, 0.4) is 0 Å². The van der Waals surface area contributed by atoms with Crippen molar-refractivity contribution < 1.29 is 9.53 Å². The molecule has 0 heterocycles. The zero-order valence-electron chi connectivity index (χ0n) is 16.9. The fraction of sp³-hybridized carbons (Fsp3) is 0.208. The predicted octanol–water partition coefficient (Wildman–Crippen LogP) is 6.83. The number of thioether (sulfide) groups is 2. The molecule has 0 fully saturated rings. The molecule has 3 nitrogen and oxygen atoms in total. The highest BCUT2D eigenvalue weighted by Gasteiger charge is 2.06. The van der Waals surface area contributed by atoms with Gasteiger partial charge in [-0.05, 0) is 54.1 Å². The average molecular weight is 492 g/mol. The highest BCUT2D eigenvalue weighted by atomic mass is 35.5. The van der Waals surface area contributed by atoms with E-state index in [9.17, 15) is 4.79 Å². The number of hydrogen-bond donors (Lipinski definition) is 1. The molecule has 1 amide bonds. The second kappa shape index (κ2) is 12.9. The fourth-order valence-corrected chi connectivity index (χ4v) is 4.58. The molecule has 3 aromatic rings. The minimum Gasteiger partial charge on any atom is -0.493 e. The molecule has 162 valence electrons. The fourth-order valence-electron chi connectivity index (χ4n) is 2.70. The number of amides is 1. The summed E-state index contributed by atoms with van der Waals surface area (Å²) < 4.78 is 5.76. The Kier molecular flexibility index (Phi) is 9.94. The van der Waals surface area contributed by atoms with E-state index in [0.29, 0.717) is 28.8 Å². The van der Waals surface area contributed by atoms with Crippen LogP contribution in [-0.4, -0.2) is 30.6 Å². The average Bonchev–Trinajstić information content (AvgIpc) is 2.80. The molecule has 0 atom stereocenters. The second-order valence-corrected chi connectivity index (χ2v) is 9.68. The van der Waals surface area contributed by atoms with Crippen LogP contribution in [0.4, 0.5) is 0 Å². The Hall–Kier alpha value is -1.79. The van der Waals surface area contributed by atoms with E-state index >= 15 is 0 Å². The van der Waals surface area contributed by atoms with Crippen molar-refractivity contribution in [1.82, 2.24) is 5.32 Å². The Labute approximate surface area is 201 Å². The molecule has 0 bridgehead atoms. The highest BCUT2D eigenvalue weighted by molar-refractivity contribution is 7.99. The van der Waals surface area contributed by atoms with Crippen molar-refractivity contribution in [2.75, 3.05) is 24.7 Å². The van der Waals surface area contributed by atoms with Gasteiger partial charge in [-0.2, -0.15) is 11.8 Å². The highest BCUT2D eigenvalue weighted by Crippen LogP contribution is 2.24. The number of benzene rings is 3. The van der Waals surface area contributed by atoms with Crippen molar-refractivity contribution in [3.05, 3.63) is 94.0 Å². The third-order valence-electron chi connectivity index (χ3n) is 4.27. The predicted molar refractivity (Wildman–Crippen MR) is 134 cm³/mol. The summed E-state index contributed by atoms with van der Waals surface area (Å²) in [6, 6.07) is 23.1. The maximum Gasteiger partial charge on any atom is 0.251 e. The first-order chi connectivity index (χ1) is 15.1. The third kappa shape index (κ3) is 8.34. The normalized spacial score (nSPS) is 10.6. The lowest BCUT2D eigenvalue weighted by Crippen LogP contribution is -2.25. The van der Waals surface area contributed by atoms with Crippen molar-refractivity contribution in [3.8, 4) is 5.75 Å². The van der Waals surface area contributed by atoms with Gasteiger partial charge in [0.25, 0.3) is 5.91 Å².